The van der Waals surface area contributed by atoms with Gasteiger partial charge in [-0.25, -0.2) is 0 Å². The quantitative estimate of drug-likeness (QED) is 0.635. The lowest BCUT2D eigenvalue weighted by atomic mass is 10.4. The van der Waals surface area contributed by atoms with E-state index >= 15 is 0 Å². The molecule has 1 saturated carbocycles. The summed E-state index contributed by atoms with van der Waals surface area (Å²) in [5.74, 6) is 0.937. The van der Waals surface area contributed by atoms with Crippen molar-refractivity contribution in [1.29, 1.82) is 0 Å². The molecule has 0 heterocycles. The summed E-state index contributed by atoms with van der Waals surface area (Å²) in [6.45, 7) is 3.66. The highest BCUT2D eigenvalue weighted by Crippen LogP contribution is 2.30. The van der Waals surface area contributed by atoms with Gasteiger partial charge < -0.3 is 0 Å². The van der Waals surface area contributed by atoms with Crippen LogP contribution in [0.15, 0.2) is 11.6 Å². The maximum atomic E-state index is 5.64. The van der Waals surface area contributed by atoms with Gasteiger partial charge in [0.15, 0.2) is 0 Å². The van der Waals surface area contributed by atoms with E-state index in [2.05, 4.69) is 6.58 Å². The molecule has 2 heteroatoms. The van der Waals surface area contributed by atoms with E-state index in [0.717, 1.165) is 16.0 Å². The maximum Gasteiger partial charge on any atom is 0.0289 e. The molecule has 0 aromatic heterocycles. The van der Waals surface area contributed by atoms with Gasteiger partial charge in [0.2, 0.25) is 0 Å². The third kappa shape index (κ3) is 2.98. The molecule has 1 fully saturated rings. The van der Waals surface area contributed by atoms with Crippen molar-refractivity contribution >= 4 is 23.4 Å². The van der Waals surface area contributed by atoms with Crippen molar-refractivity contribution < 1.29 is 0 Å². The zero-order chi connectivity index (χ0) is 7.40. The van der Waals surface area contributed by atoms with E-state index in [1.165, 1.54) is 25.7 Å². The first-order valence-electron chi connectivity index (χ1n) is 3.74. The maximum absolute atomic E-state index is 5.64. The number of hydrogen-bond donors (Lipinski definition) is 0. The van der Waals surface area contributed by atoms with Crippen LogP contribution in [0.3, 0.4) is 0 Å². The van der Waals surface area contributed by atoms with E-state index in [-0.39, 0.29) is 0 Å². The summed E-state index contributed by atoms with van der Waals surface area (Å²) < 4.78 is 0. The minimum atomic E-state index is 0.789. The molecular formula is C8H13ClS. The van der Waals surface area contributed by atoms with Gasteiger partial charge in [0, 0.05) is 16.0 Å². The molecule has 0 amide bonds. The van der Waals surface area contributed by atoms with Crippen LogP contribution in [0.2, 0.25) is 0 Å². The van der Waals surface area contributed by atoms with E-state index in [4.69, 9.17) is 11.6 Å². The van der Waals surface area contributed by atoms with Crippen molar-refractivity contribution in [1.82, 2.24) is 0 Å². The predicted molar refractivity (Wildman–Crippen MR) is 49.7 cm³/mol. The molecule has 1 rings (SSSR count). The van der Waals surface area contributed by atoms with Crippen LogP contribution in [-0.4, -0.2) is 11.0 Å². The molecule has 0 radical (unpaired) electrons. The fraction of sp³-hybridized carbons (Fsp3) is 0.750. The summed E-state index contributed by atoms with van der Waals surface area (Å²) >= 11 is 7.60. The van der Waals surface area contributed by atoms with Crippen LogP contribution < -0.4 is 0 Å². The molecule has 0 bridgehead atoms. The van der Waals surface area contributed by atoms with Gasteiger partial charge >= 0.3 is 0 Å². The van der Waals surface area contributed by atoms with E-state index in [1.807, 2.05) is 11.8 Å². The van der Waals surface area contributed by atoms with Crippen molar-refractivity contribution in [2.45, 2.75) is 30.9 Å². The Labute approximate surface area is 72.0 Å². The average molecular weight is 177 g/mol. The third-order valence-corrected chi connectivity index (χ3v) is 3.53. The van der Waals surface area contributed by atoms with Crippen molar-refractivity contribution in [3.8, 4) is 0 Å². The summed E-state index contributed by atoms with van der Waals surface area (Å²) in [5.41, 5.74) is 0. The van der Waals surface area contributed by atoms with Gasteiger partial charge in [0.05, 0.1) is 0 Å². The van der Waals surface area contributed by atoms with Crippen molar-refractivity contribution in [2.24, 2.45) is 0 Å². The summed E-state index contributed by atoms with van der Waals surface area (Å²) in [5, 5.41) is 1.66. The molecule has 10 heavy (non-hydrogen) atoms. The molecular weight excluding hydrogens is 164 g/mol. The largest absolute Gasteiger partial charge is 0.153 e. The number of rotatable bonds is 3. The Kier molecular flexibility index (Phi) is 3.64. The van der Waals surface area contributed by atoms with E-state index in [0.29, 0.717) is 0 Å². The molecule has 0 unspecified atom stereocenters. The molecule has 0 atom stereocenters. The van der Waals surface area contributed by atoms with Crippen LogP contribution in [-0.2, 0) is 0 Å². The molecule has 0 aromatic rings. The highest BCUT2D eigenvalue weighted by molar-refractivity contribution is 8.00. The lowest BCUT2D eigenvalue weighted by Gasteiger charge is -2.05. The Morgan fingerprint density at radius 1 is 1.50 bits per heavy atom. The highest BCUT2D eigenvalue weighted by atomic mass is 35.5. The SMILES string of the molecule is C=C(Cl)CSC1CCCC1. The number of halogens is 1. The van der Waals surface area contributed by atoms with Gasteiger partial charge in [0.25, 0.3) is 0 Å². The lowest BCUT2D eigenvalue weighted by Crippen LogP contribution is -1.94. The summed E-state index contributed by atoms with van der Waals surface area (Å²) in [6.07, 6.45) is 5.59. The standard InChI is InChI=1S/C8H13ClS/c1-7(9)6-10-8-4-2-3-5-8/h8H,1-6H2. The Bertz CT molecular complexity index is 116. The second-order valence-electron chi connectivity index (χ2n) is 2.73. The zero-order valence-electron chi connectivity index (χ0n) is 6.11. The Morgan fingerprint density at radius 3 is 2.60 bits per heavy atom. The fourth-order valence-corrected chi connectivity index (χ4v) is 2.54. The number of hydrogen-bond acceptors (Lipinski definition) is 1. The fourth-order valence-electron chi connectivity index (χ4n) is 1.26. The molecule has 58 valence electrons. The van der Waals surface area contributed by atoms with Gasteiger partial charge in [-0.05, 0) is 12.8 Å². The lowest BCUT2D eigenvalue weighted by molar-refractivity contribution is 0.886. The van der Waals surface area contributed by atoms with Crippen molar-refractivity contribution in [2.75, 3.05) is 5.75 Å². The Hall–Kier alpha value is 0.380. The first-order valence-corrected chi connectivity index (χ1v) is 5.16. The number of thioether (sulfide) groups is 1. The normalized spacial score (nSPS) is 19.7. The molecule has 0 aromatic carbocycles. The molecule has 1 aliphatic carbocycles. The average Bonchev–Trinajstić information content (AvgIpc) is 2.34. The monoisotopic (exact) mass is 176 g/mol. The molecule has 0 spiro atoms. The topological polar surface area (TPSA) is 0 Å². The van der Waals surface area contributed by atoms with Crippen LogP contribution >= 0.6 is 23.4 Å². The highest BCUT2D eigenvalue weighted by Gasteiger charge is 2.14. The van der Waals surface area contributed by atoms with Gasteiger partial charge in [-0.15, -0.1) is 0 Å². The van der Waals surface area contributed by atoms with Crippen LogP contribution in [0.4, 0.5) is 0 Å². The Balaban J connectivity index is 2.07. The van der Waals surface area contributed by atoms with Crippen LogP contribution in [0.25, 0.3) is 0 Å². The third-order valence-electron chi connectivity index (χ3n) is 1.78. The van der Waals surface area contributed by atoms with Crippen LogP contribution in [0.1, 0.15) is 25.7 Å². The van der Waals surface area contributed by atoms with Gasteiger partial charge in [0.1, 0.15) is 0 Å². The predicted octanol–water partition coefficient (Wildman–Crippen LogP) is 3.41. The van der Waals surface area contributed by atoms with Gasteiger partial charge in [-0.3, -0.25) is 0 Å². The van der Waals surface area contributed by atoms with Crippen LogP contribution in [0, 0.1) is 0 Å². The minimum Gasteiger partial charge on any atom is -0.153 e. The van der Waals surface area contributed by atoms with E-state index < -0.39 is 0 Å². The molecule has 0 nitrogen and oxygen atoms in total. The first kappa shape index (κ1) is 8.48. The van der Waals surface area contributed by atoms with E-state index in [9.17, 15) is 0 Å². The van der Waals surface area contributed by atoms with Crippen LogP contribution in [0.5, 0.6) is 0 Å². The van der Waals surface area contributed by atoms with E-state index in [1.54, 1.807) is 0 Å². The second kappa shape index (κ2) is 4.30. The Morgan fingerprint density at radius 2 is 2.10 bits per heavy atom. The first-order chi connectivity index (χ1) is 4.79. The summed E-state index contributed by atoms with van der Waals surface area (Å²) in [4.78, 5) is 0. The smallest absolute Gasteiger partial charge is 0.0289 e. The van der Waals surface area contributed by atoms with Gasteiger partial charge in [-0.2, -0.15) is 11.8 Å². The summed E-state index contributed by atoms with van der Waals surface area (Å²) in [6, 6.07) is 0. The molecule has 0 aliphatic heterocycles. The van der Waals surface area contributed by atoms with Gasteiger partial charge in [-0.1, -0.05) is 31.0 Å². The second-order valence-corrected chi connectivity index (χ2v) is 4.56. The minimum absolute atomic E-state index is 0.789. The van der Waals surface area contributed by atoms with Crippen molar-refractivity contribution in [3.05, 3.63) is 11.6 Å². The molecule has 0 saturated heterocycles. The zero-order valence-corrected chi connectivity index (χ0v) is 7.68. The molecule has 1 aliphatic rings. The summed E-state index contributed by atoms with van der Waals surface area (Å²) in [7, 11) is 0. The molecule has 0 N–H and O–H groups in total. The van der Waals surface area contributed by atoms with Crippen molar-refractivity contribution in [3.63, 3.8) is 0 Å².